The third-order valence-corrected chi connectivity index (χ3v) is 4.48. The van der Waals surface area contributed by atoms with Crippen LogP contribution in [-0.4, -0.2) is 49.7 Å². The SMILES string of the molecule is CNCc1nnc(SCc2n[nH]c(C)n2)n1C[C@@H]1CCCO1. The summed E-state index contributed by atoms with van der Waals surface area (Å²) in [5.74, 6) is 3.22. The maximum atomic E-state index is 5.74. The lowest BCUT2D eigenvalue weighted by Crippen LogP contribution is -2.20. The van der Waals surface area contributed by atoms with Gasteiger partial charge in [-0.2, -0.15) is 5.10 Å². The number of nitrogens with zero attached hydrogens (tertiary/aromatic N) is 5. The number of aromatic amines is 1. The van der Waals surface area contributed by atoms with Crippen molar-refractivity contribution in [2.75, 3.05) is 13.7 Å². The highest BCUT2D eigenvalue weighted by Gasteiger charge is 2.21. The Balaban J connectivity index is 1.71. The molecule has 22 heavy (non-hydrogen) atoms. The van der Waals surface area contributed by atoms with Crippen molar-refractivity contribution in [3.63, 3.8) is 0 Å². The van der Waals surface area contributed by atoms with Crippen LogP contribution in [0.15, 0.2) is 5.16 Å². The fourth-order valence-corrected chi connectivity index (χ4v) is 3.29. The molecule has 0 bridgehead atoms. The van der Waals surface area contributed by atoms with E-state index in [9.17, 15) is 0 Å². The molecule has 8 nitrogen and oxygen atoms in total. The van der Waals surface area contributed by atoms with Gasteiger partial charge in [-0.05, 0) is 26.8 Å². The smallest absolute Gasteiger partial charge is 0.191 e. The third kappa shape index (κ3) is 3.65. The molecule has 3 heterocycles. The Morgan fingerprint density at radius 3 is 3.05 bits per heavy atom. The first kappa shape index (κ1) is 15.4. The minimum atomic E-state index is 0.261. The van der Waals surface area contributed by atoms with E-state index in [1.54, 1.807) is 11.8 Å². The van der Waals surface area contributed by atoms with Crippen molar-refractivity contribution in [3.8, 4) is 0 Å². The summed E-state index contributed by atoms with van der Waals surface area (Å²) in [6.07, 6.45) is 2.49. The van der Waals surface area contributed by atoms with Crippen LogP contribution in [0.4, 0.5) is 0 Å². The molecule has 1 atom stereocenters. The molecule has 0 amide bonds. The van der Waals surface area contributed by atoms with Crippen LogP contribution in [0.25, 0.3) is 0 Å². The molecule has 3 rings (SSSR count). The molecule has 9 heteroatoms. The minimum Gasteiger partial charge on any atom is -0.376 e. The number of aryl methyl sites for hydroxylation is 1. The Morgan fingerprint density at radius 1 is 1.45 bits per heavy atom. The summed E-state index contributed by atoms with van der Waals surface area (Å²) in [5.41, 5.74) is 0. The van der Waals surface area contributed by atoms with E-state index in [1.807, 2.05) is 14.0 Å². The molecule has 0 spiro atoms. The summed E-state index contributed by atoms with van der Waals surface area (Å²) in [5, 5.41) is 19.6. The van der Waals surface area contributed by atoms with E-state index in [1.165, 1.54) is 0 Å². The monoisotopic (exact) mass is 323 g/mol. The molecule has 0 unspecified atom stereocenters. The highest BCUT2D eigenvalue weighted by molar-refractivity contribution is 7.98. The quantitative estimate of drug-likeness (QED) is 0.731. The van der Waals surface area contributed by atoms with E-state index < -0.39 is 0 Å². The van der Waals surface area contributed by atoms with E-state index >= 15 is 0 Å². The van der Waals surface area contributed by atoms with Gasteiger partial charge in [-0.1, -0.05) is 11.8 Å². The number of hydrogen-bond acceptors (Lipinski definition) is 7. The highest BCUT2D eigenvalue weighted by atomic mass is 32.2. The Labute approximate surface area is 133 Å². The molecular weight excluding hydrogens is 302 g/mol. The van der Waals surface area contributed by atoms with Crippen molar-refractivity contribution in [2.45, 2.75) is 49.9 Å². The van der Waals surface area contributed by atoms with Crippen LogP contribution in [0.3, 0.4) is 0 Å². The number of hydrogen-bond donors (Lipinski definition) is 2. The third-order valence-electron chi connectivity index (χ3n) is 3.51. The second kappa shape index (κ2) is 7.21. The fraction of sp³-hybridized carbons (Fsp3) is 0.692. The van der Waals surface area contributed by atoms with Gasteiger partial charge in [-0.15, -0.1) is 10.2 Å². The first-order valence-corrected chi connectivity index (χ1v) is 8.44. The number of aromatic nitrogens is 6. The Morgan fingerprint density at radius 2 is 2.36 bits per heavy atom. The van der Waals surface area contributed by atoms with Gasteiger partial charge >= 0.3 is 0 Å². The van der Waals surface area contributed by atoms with E-state index in [0.29, 0.717) is 12.3 Å². The first-order chi connectivity index (χ1) is 10.8. The molecular formula is C13H21N7OS. The van der Waals surface area contributed by atoms with Crippen molar-refractivity contribution in [1.82, 2.24) is 35.3 Å². The Kier molecular flexibility index (Phi) is 5.06. The maximum Gasteiger partial charge on any atom is 0.191 e. The summed E-state index contributed by atoms with van der Waals surface area (Å²) >= 11 is 1.60. The lowest BCUT2D eigenvalue weighted by atomic mass is 10.2. The highest BCUT2D eigenvalue weighted by Crippen LogP contribution is 2.23. The number of nitrogens with one attached hydrogen (secondary N) is 2. The van der Waals surface area contributed by atoms with Crippen LogP contribution in [0.1, 0.15) is 30.3 Å². The number of ether oxygens (including phenoxy) is 1. The molecule has 2 aromatic rings. The zero-order valence-electron chi connectivity index (χ0n) is 12.9. The van der Waals surface area contributed by atoms with Crippen LogP contribution >= 0.6 is 11.8 Å². The zero-order chi connectivity index (χ0) is 15.4. The summed E-state index contributed by atoms with van der Waals surface area (Å²) in [7, 11) is 1.91. The maximum absolute atomic E-state index is 5.74. The van der Waals surface area contributed by atoms with Crippen LogP contribution in [0, 0.1) is 6.92 Å². The molecule has 0 saturated carbocycles. The second-order valence-electron chi connectivity index (χ2n) is 5.30. The standard InChI is InChI=1S/C13H21N7OS/c1-9-15-11(17-16-9)8-22-13-19-18-12(6-14-2)20(13)7-10-4-3-5-21-10/h10,14H,3-8H2,1-2H3,(H,15,16,17)/t10-/m0/s1. The first-order valence-electron chi connectivity index (χ1n) is 7.45. The zero-order valence-corrected chi connectivity index (χ0v) is 13.7. The van der Waals surface area contributed by atoms with Crippen LogP contribution < -0.4 is 5.32 Å². The average molecular weight is 323 g/mol. The predicted molar refractivity (Wildman–Crippen MR) is 82.4 cm³/mol. The van der Waals surface area contributed by atoms with E-state index in [-0.39, 0.29) is 6.10 Å². The lowest BCUT2D eigenvalue weighted by molar-refractivity contribution is 0.0941. The van der Waals surface area contributed by atoms with E-state index in [4.69, 9.17) is 4.74 Å². The molecule has 0 aromatic carbocycles. The molecule has 1 aliphatic heterocycles. The minimum absolute atomic E-state index is 0.261. The van der Waals surface area contributed by atoms with Crippen LogP contribution in [0.5, 0.6) is 0 Å². The van der Waals surface area contributed by atoms with Gasteiger partial charge in [0.25, 0.3) is 0 Å². The van der Waals surface area contributed by atoms with Gasteiger partial charge in [0, 0.05) is 6.61 Å². The van der Waals surface area contributed by atoms with Crippen molar-refractivity contribution in [1.29, 1.82) is 0 Å². The second-order valence-corrected chi connectivity index (χ2v) is 6.24. The van der Waals surface area contributed by atoms with Gasteiger partial charge in [0.1, 0.15) is 11.6 Å². The van der Waals surface area contributed by atoms with Crippen molar-refractivity contribution < 1.29 is 4.74 Å². The number of rotatable bonds is 7. The van der Waals surface area contributed by atoms with Crippen molar-refractivity contribution >= 4 is 11.8 Å². The Hall–Kier alpha value is -1.45. The summed E-state index contributed by atoms with van der Waals surface area (Å²) in [6.45, 7) is 4.25. The van der Waals surface area contributed by atoms with Gasteiger partial charge in [0.2, 0.25) is 0 Å². The van der Waals surface area contributed by atoms with E-state index in [0.717, 1.165) is 48.6 Å². The number of thioether (sulfide) groups is 1. The van der Waals surface area contributed by atoms with Crippen LogP contribution in [0.2, 0.25) is 0 Å². The van der Waals surface area contributed by atoms with Gasteiger partial charge < -0.3 is 14.6 Å². The fourth-order valence-electron chi connectivity index (χ4n) is 2.47. The summed E-state index contributed by atoms with van der Waals surface area (Å²) < 4.78 is 7.89. The molecule has 0 aliphatic carbocycles. The van der Waals surface area contributed by atoms with Crippen LogP contribution in [-0.2, 0) is 23.6 Å². The Bertz CT molecular complexity index is 605. The normalized spacial score (nSPS) is 18.2. The molecule has 1 aliphatic rings. The largest absolute Gasteiger partial charge is 0.376 e. The molecule has 1 saturated heterocycles. The molecule has 1 fully saturated rings. The van der Waals surface area contributed by atoms with Gasteiger partial charge in [0.05, 0.1) is 24.9 Å². The van der Waals surface area contributed by atoms with Gasteiger partial charge in [-0.3, -0.25) is 5.10 Å². The lowest BCUT2D eigenvalue weighted by Gasteiger charge is -2.14. The molecule has 2 N–H and O–H groups in total. The van der Waals surface area contributed by atoms with Gasteiger partial charge in [-0.25, -0.2) is 4.98 Å². The van der Waals surface area contributed by atoms with Crippen molar-refractivity contribution in [3.05, 3.63) is 17.5 Å². The topological polar surface area (TPSA) is 93.5 Å². The summed E-state index contributed by atoms with van der Waals surface area (Å²) in [4.78, 5) is 4.32. The average Bonchev–Trinajstić information content (AvgIpc) is 3.22. The van der Waals surface area contributed by atoms with E-state index in [2.05, 4.69) is 35.3 Å². The van der Waals surface area contributed by atoms with Crippen molar-refractivity contribution in [2.24, 2.45) is 0 Å². The summed E-state index contributed by atoms with van der Waals surface area (Å²) in [6, 6.07) is 0. The molecule has 120 valence electrons. The van der Waals surface area contributed by atoms with Gasteiger partial charge in [0.15, 0.2) is 11.0 Å². The predicted octanol–water partition coefficient (Wildman–Crippen LogP) is 0.895. The number of H-pyrrole nitrogens is 1. The molecule has 2 aromatic heterocycles. The molecule has 0 radical (unpaired) electrons.